The monoisotopic (exact) mass is 417 g/mol. The van der Waals surface area contributed by atoms with Crippen molar-refractivity contribution in [2.45, 2.75) is 56.5 Å². The first kappa shape index (κ1) is 21.5. The van der Waals surface area contributed by atoms with Crippen molar-refractivity contribution in [2.75, 3.05) is 39.1 Å². The summed E-state index contributed by atoms with van der Waals surface area (Å²) in [6.45, 7) is 2.97. The van der Waals surface area contributed by atoms with Gasteiger partial charge in [-0.05, 0) is 49.7 Å². The van der Waals surface area contributed by atoms with Crippen LogP contribution in [-0.4, -0.2) is 66.8 Å². The van der Waals surface area contributed by atoms with Crippen molar-refractivity contribution in [1.82, 2.24) is 15.2 Å². The van der Waals surface area contributed by atoms with Crippen LogP contribution in [0.2, 0.25) is 0 Å². The summed E-state index contributed by atoms with van der Waals surface area (Å²) in [6, 6.07) is 2.34. The second-order valence-corrected chi connectivity index (χ2v) is 8.70. The molecule has 1 saturated heterocycles. The van der Waals surface area contributed by atoms with E-state index < -0.39 is 6.23 Å². The van der Waals surface area contributed by atoms with E-state index in [2.05, 4.69) is 21.3 Å². The fourth-order valence-electron chi connectivity index (χ4n) is 5.02. The molecule has 0 bridgehead atoms. The standard InChI is InChI=1S/C22H35N5O3/c1-29-22-18(23)12-17(13-25-22)14-2-4-19-16(10-14)11-15(21(24)26-19)3-5-20(28)27-6-8-30-9-7-27/h11-15,19-21,26,28H,2-10,23-24H2,1H3. The average molecular weight is 418 g/mol. The highest BCUT2D eigenvalue weighted by atomic mass is 16.5. The summed E-state index contributed by atoms with van der Waals surface area (Å²) in [6.07, 6.45) is 8.47. The number of hydrogen-bond donors (Lipinski definition) is 4. The fraction of sp³-hybridized carbons (Fsp3) is 0.682. The SMILES string of the molecule is COc1ncc(C2CCC3NC(N)C(CCC(O)N4CCOCC4)C=C3C2)cc1N. The first-order chi connectivity index (χ1) is 14.5. The fourth-order valence-corrected chi connectivity index (χ4v) is 5.02. The minimum Gasteiger partial charge on any atom is -0.480 e. The minimum atomic E-state index is -0.426. The first-order valence-corrected chi connectivity index (χ1v) is 11.1. The molecule has 3 heterocycles. The lowest BCUT2D eigenvalue weighted by molar-refractivity contribution is -0.0635. The number of pyridine rings is 1. The molecule has 5 unspecified atom stereocenters. The average Bonchev–Trinajstić information content (AvgIpc) is 2.77. The van der Waals surface area contributed by atoms with Gasteiger partial charge >= 0.3 is 0 Å². The Morgan fingerprint density at radius 3 is 2.90 bits per heavy atom. The Hall–Kier alpha value is -1.71. The van der Waals surface area contributed by atoms with Crippen LogP contribution in [0.5, 0.6) is 5.88 Å². The number of rotatable bonds is 6. The molecule has 0 spiro atoms. The Morgan fingerprint density at radius 1 is 1.37 bits per heavy atom. The number of aliphatic hydroxyl groups is 1. The molecule has 4 rings (SSSR count). The van der Waals surface area contributed by atoms with Gasteiger partial charge in [0.1, 0.15) is 6.23 Å². The molecule has 0 aromatic carbocycles. The molecule has 2 fully saturated rings. The van der Waals surface area contributed by atoms with E-state index in [9.17, 15) is 5.11 Å². The zero-order chi connectivity index (χ0) is 21.1. The van der Waals surface area contributed by atoms with Crippen LogP contribution in [0.3, 0.4) is 0 Å². The second kappa shape index (κ2) is 9.62. The molecular weight excluding hydrogens is 382 g/mol. The summed E-state index contributed by atoms with van der Waals surface area (Å²) in [5, 5.41) is 14.1. The summed E-state index contributed by atoms with van der Waals surface area (Å²) >= 11 is 0. The maximum absolute atomic E-state index is 10.5. The maximum Gasteiger partial charge on any atom is 0.236 e. The number of nitrogens with two attached hydrogens (primary N) is 2. The highest BCUT2D eigenvalue weighted by Gasteiger charge is 2.34. The minimum absolute atomic E-state index is 0.0644. The van der Waals surface area contributed by atoms with E-state index in [4.69, 9.17) is 20.9 Å². The normalized spacial score (nSPS) is 31.0. The van der Waals surface area contributed by atoms with Gasteiger partial charge in [-0.3, -0.25) is 10.2 Å². The molecule has 30 heavy (non-hydrogen) atoms. The molecule has 0 radical (unpaired) electrons. The third-order valence-corrected chi connectivity index (χ3v) is 6.81. The van der Waals surface area contributed by atoms with E-state index >= 15 is 0 Å². The van der Waals surface area contributed by atoms with Gasteiger partial charge in [-0.2, -0.15) is 0 Å². The van der Waals surface area contributed by atoms with Crippen molar-refractivity contribution >= 4 is 5.69 Å². The van der Waals surface area contributed by atoms with Crippen LogP contribution in [0, 0.1) is 5.92 Å². The number of morpholine rings is 1. The van der Waals surface area contributed by atoms with Crippen LogP contribution in [0.15, 0.2) is 23.9 Å². The van der Waals surface area contributed by atoms with Crippen LogP contribution in [0.25, 0.3) is 0 Å². The van der Waals surface area contributed by atoms with Crippen molar-refractivity contribution in [1.29, 1.82) is 0 Å². The van der Waals surface area contributed by atoms with Gasteiger partial charge in [0.25, 0.3) is 0 Å². The van der Waals surface area contributed by atoms with Gasteiger partial charge in [0.05, 0.1) is 32.2 Å². The van der Waals surface area contributed by atoms with Gasteiger partial charge < -0.3 is 26.0 Å². The molecule has 8 heteroatoms. The largest absolute Gasteiger partial charge is 0.480 e. The Balaban J connectivity index is 1.39. The zero-order valence-corrected chi connectivity index (χ0v) is 17.8. The second-order valence-electron chi connectivity index (χ2n) is 8.70. The van der Waals surface area contributed by atoms with Crippen LogP contribution in [-0.2, 0) is 4.74 Å². The molecule has 166 valence electrons. The number of aliphatic hydroxyl groups excluding tert-OH is 1. The first-order valence-electron chi connectivity index (χ1n) is 11.1. The maximum atomic E-state index is 10.5. The lowest BCUT2D eigenvalue weighted by atomic mass is 9.75. The Morgan fingerprint density at radius 2 is 2.17 bits per heavy atom. The Labute approximate surface area is 178 Å². The summed E-state index contributed by atoms with van der Waals surface area (Å²) < 4.78 is 10.6. The topological polar surface area (TPSA) is 119 Å². The van der Waals surface area contributed by atoms with Crippen molar-refractivity contribution < 1.29 is 14.6 Å². The summed E-state index contributed by atoms with van der Waals surface area (Å²) in [5.74, 6) is 1.12. The molecule has 2 aliphatic heterocycles. The number of aromatic nitrogens is 1. The number of nitrogens with zero attached hydrogens (tertiary/aromatic N) is 2. The third-order valence-electron chi connectivity index (χ3n) is 6.81. The van der Waals surface area contributed by atoms with E-state index in [0.717, 1.165) is 45.2 Å². The molecule has 0 amide bonds. The van der Waals surface area contributed by atoms with E-state index in [1.165, 1.54) is 11.1 Å². The highest BCUT2D eigenvalue weighted by molar-refractivity contribution is 5.50. The molecule has 1 aromatic heterocycles. The Kier molecular flexibility index (Phi) is 6.90. The lowest BCUT2D eigenvalue weighted by Gasteiger charge is -2.40. The van der Waals surface area contributed by atoms with Crippen LogP contribution >= 0.6 is 0 Å². The number of ether oxygens (including phenoxy) is 2. The van der Waals surface area contributed by atoms with Gasteiger partial charge in [0.2, 0.25) is 5.88 Å². The molecule has 1 saturated carbocycles. The molecular formula is C22H35N5O3. The van der Waals surface area contributed by atoms with Gasteiger partial charge in [-0.25, -0.2) is 4.98 Å². The Bertz CT molecular complexity index is 752. The summed E-state index contributed by atoms with van der Waals surface area (Å²) in [4.78, 5) is 6.45. The number of nitrogen functional groups attached to an aromatic ring is 1. The van der Waals surface area contributed by atoms with Crippen molar-refractivity contribution in [3.05, 3.63) is 29.5 Å². The number of hydrogen-bond acceptors (Lipinski definition) is 8. The predicted octanol–water partition coefficient (Wildman–Crippen LogP) is 1.17. The van der Waals surface area contributed by atoms with Crippen molar-refractivity contribution in [3.8, 4) is 5.88 Å². The van der Waals surface area contributed by atoms with Gasteiger partial charge in [-0.15, -0.1) is 0 Å². The van der Waals surface area contributed by atoms with E-state index in [1.54, 1.807) is 7.11 Å². The predicted molar refractivity (Wildman–Crippen MR) is 116 cm³/mol. The van der Waals surface area contributed by atoms with Crippen LogP contribution < -0.4 is 21.5 Å². The van der Waals surface area contributed by atoms with Gasteiger partial charge in [0.15, 0.2) is 0 Å². The van der Waals surface area contributed by atoms with Gasteiger partial charge in [0, 0.05) is 31.2 Å². The summed E-state index contributed by atoms with van der Waals surface area (Å²) in [5.41, 5.74) is 15.7. The quantitative estimate of drug-likeness (QED) is 0.510. The molecule has 8 nitrogen and oxygen atoms in total. The van der Waals surface area contributed by atoms with Crippen molar-refractivity contribution in [2.24, 2.45) is 11.7 Å². The van der Waals surface area contributed by atoms with E-state index in [1.807, 2.05) is 12.3 Å². The molecule has 1 aromatic rings. The molecule has 3 aliphatic rings. The van der Waals surface area contributed by atoms with Crippen molar-refractivity contribution in [3.63, 3.8) is 0 Å². The van der Waals surface area contributed by atoms with Crippen LogP contribution in [0.4, 0.5) is 5.69 Å². The summed E-state index contributed by atoms with van der Waals surface area (Å²) in [7, 11) is 1.58. The molecule has 1 aliphatic carbocycles. The number of anilines is 1. The van der Waals surface area contributed by atoms with E-state index in [-0.39, 0.29) is 12.1 Å². The highest BCUT2D eigenvalue weighted by Crippen LogP contribution is 2.40. The number of methoxy groups -OCH3 is 1. The van der Waals surface area contributed by atoms with E-state index in [0.29, 0.717) is 36.7 Å². The number of nitrogens with one attached hydrogen (secondary N) is 1. The smallest absolute Gasteiger partial charge is 0.236 e. The molecule has 6 N–H and O–H groups in total. The zero-order valence-electron chi connectivity index (χ0n) is 17.8. The third kappa shape index (κ3) is 4.78. The van der Waals surface area contributed by atoms with Gasteiger partial charge in [-0.1, -0.05) is 11.6 Å². The molecule has 5 atom stereocenters. The number of fused-ring (bicyclic) bond motifs is 1. The lowest BCUT2D eigenvalue weighted by Crippen LogP contribution is -2.53. The van der Waals surface area contributed by atoms with Crippen LogP contribution in [0.1, 0.15) is 43.6 Å².